The van der Waals surface area contributed by atoms with Crippen molar-refractivity contribution in [3.8, 4) is 0 Å². The molecule has 0 amide bonds. The number of allylic oxidation sites excluding steroid dienone is 6. The Bertz CT molecular complexity index is 159. The first-order chi connectivity index (χ1) is 4.39. The quantitative estimate of drug-likeness (QED) is 0.461. The van der Waals surface area contributed by atoms with Crippen molar-refractivity contribution in [3.05, 3.63) is 36.0 Å². The lowest BCUT2D eigenvalue weighted by Crippen LogP contribution is -1.75. The van der Waals surface area contributed by atoms with Gasteiger partial charge in [-0.3, -0.25) is 0 Å². The van der Waals surface area contributed by atoms with Gasteiger partial charge in [0.1, 0.15) is 0 Å². The molecule has 1 rings (SSSR count). The van der Waals surface area contributed by atoms with Gasteiger partial charge >= 0.3 is 0 Å². The second kappa shape index (κ2) is 3.29. The van der Waals surface area contributed by atoms with E-state index in [-0.39, 0.29) is 0 Å². The third-order valence-corrected chi connectivity index (χ3v) is 1.44. The molecule has 0 saturated carbocycles. The van der Waals surface area contributed by atoms with Crippen LogP contribution >= 0.6 is 0 Å². The van der Waals surface area contributed by atoms with Crippen LogP contribution in [-0.2, 0) is 0 Å². The summed E-state index contributed by atoms with van der Waals surface area (Å²) in [5.74, 6) is 0. The van der Waals surface area contributed by atoms with Gasteiger partial charge in [0.25, 0.3) is 0 Å². The molecule has 0 saturated heterocycles. The minimum absolute atomic E-state index is 1.19. The molecule has 1 aliphatic carbocycles. The number of hydrogen-bond donors (Lipinski definition) is 0. The van der Waals surface area contributed by atoms with Gasteiger partial charge in [0.2, 0.25) is 0 Å². The molecule has 0 spiro atoms. The standard InChI is InChI=1S/C9H12/c1-9-7-5-3-2-4-6-8-9/h2-5,7H,6,8H2,1H3/b4-2-,5-3-,9-7-. The highest BCUT2D eigenvalue weighted by Gasteiger charge is 1.86. The summed E-state index contributed by atoms with van der Waals surface area (Å²) >= 11 is 0. The molecule has 0 nitrogen and oxygen atoms in total. The first-order valence-corrected chi connectivity index (χ1v) is 3.38. The molecule has 0 unspecified atom stereocenters. The lowest BCUT2D eigenvalue weighted by molar-refractivity contribution is 0.976. The van der Waals surface area contributed by atoms with E-state index in [2.05, 4.69) is 37.3 Å². The molecule has 0 aromatic heterocycles. The van der Waals surface area contributed by atoms with Gasteiger partial charge in [0, 0.05) is 0 Å². The second-order valence-corrected chi connectivity index (χ2v) is 2.36. The lowest BCUT2D eigenvalue weighted by Gasteiger charge is -1.96. The third kappa shape index (κ3) is 2.31. The van der Waals surface area contributed by atoms with Crippen LogP contribution in [0.2, 0.25) is 0 Å². The molecular weight excluding hydrogens is 108 g/mol. The first kappa shape index (κ1) is 6.34. The molecule has 0 radical (unpaired) electrons. The van der Waals surface area contributed by atoms with Crippen molar-refractivity contribution in [1.82, 2.24) is 0 Å². The molecule has 1 aliphatic rings. The predicted octanol–water partition coefficient (Wildman–Crippen LogP) is 2.84. The lowest BCUT2D eigenvalue weighted by atomic mass is 10.1. The average molecular weight is 120 g/mol. The van der Waals surface area contributed by atoms with Gasteiger partial charge in [-0.1, -0.05) is 36.0 Å². The van der Waals surface area contributed by atoms with Gasteiger partial charge in [0.15, 0.2) is 0 Å². The van der Waals surface area contributed by atoms with Gasteiger partial charge in [0.05, 0.1) is 0 Å². The van der Waals surface area contributed by atoms with E-state index in [4.69, 9.17) is 0 Å². The van der Waals surface area contributed by atoms with E-state index in [0.29, 0.717) is 0 Å². The minimum atomic E-state index is 1.19. The predicted molar refractivity (Wildman–Crippen MR) is 41.3 cm³/mol. The molecule has 48 valence electrons. The van der Waals surface area contributed by atoms with Gasteiger partial charge in [-0.25, -0.2) is 0 Å². The van der Waals surface area contributed by atoms with E-state index in [9.17, 15) is 0 Å². The van der Waals surface area contributed by atoms with E-state index < -0.39 is 0 Å². The van der Waals surface area contributed by atoms with Gasteiger partial charge in [-0.2, -0.15) is 0 Å². The highest BCUT2D eigenvalue weighted by Crippen LogP contribution is 2.06. The van der Waals surface area contributed by atoms with Crippen LogP contribution in [0.5, 0.6) is 0 Å². The zero-order valence-electron chi connectivity index (χ0n) is 5.80. The van der Waals surface area contributed by atoms with Crippen LogP contribution in [-0.4, -0.2) is 0 Å². The smallest absolute Gasteiger partial charge is 0.0285 e. The summed E-state index contributed by atoms with van der Waals surface area (Å²) in [6, 6.07) is 0. The highest BCUT2D eigenvalue weighted by molar-refractivity contribution is 5.18. The fraction of sp³-hybridized carbons (Fsp3) is 0.333. The molecule has 9 heavy (non-hydrogen) atoms. The van der Waals surface area contributed by atoms with Crippen LogP contribution in [0.3, 0.4) is 0 Å². The summed E-state index contributed by atoms with van der Waals surface area (Å²) in [6.45, 7) is 2.17. The van der Waals surface area contributed by atoms with Gasteiger partial charge in [-0.05, 0) is 19.8 Å². The fourth-order valence-electron chi connectivity index (χ4n) is 0.853. The number of hydrogen-bond acceptors (Lipinski definition) is 0. The molecule has 0 N–H and O–H groups in total. The van der Waals surface area contributed by atoms with Crippen molar-refractivity contribution in [2.45, 2.75) is 19.8 Å². The van der Waals surface area contributed by atoms with Crippen LogP contribution in [0.15, 0.2) is 36.0 Å². The van der Waals surface area contributed by atoms with Crippen LogP contribution in [0.25, 0.3) is 0 Å². The van der Waals surface area contributed by atoms with Crippen molar-refractivity contribution in [3.63, 3.8) is 0 Å². The zero-order valence-corrected chi connectivity index (χ0v) is 5.80. The molecule has 0 bridgehead atoms. The summed E-state index contributed by atoms with van der Waals surface area (Å²) in [7, 11) is 0. The van der Waals surface area contributed by atoms with Crippen LogP contribution in [0.1, 0.15) is 19.8 Å². The summed E-state index contributed by atoms with van der Waals surface area (Å²) in [4.78, 5) is 0. The maximum atomic E-state index is 2.20. The summed E-state index contributed by atoms with van der Waals surface area (Å²) in [6.07, 6.45) is 13.0. The maximum Gasteiger partial charge on any atom is -0.0285 e. The Morgan fingerprint density at radius 3 is 3.00 bits per heavy atom. The fourth-order valence-corrected chi connectivity index (χ4v) is 0.853. The van der Waals surface area contributed by atoms with Gasteiger partial charge < -0.3 is 0 Å². The van der Waals surface area contributed by atoms with Crippen molar-refractivity contribution in [2.24, 2.45) is 0 Å². The normalized spacial score (nSPS) is 31.4. The van der Waals surface area contributed by atoms with Crippen LogP contribution in [0.4, 0.5) is 0 Å². The molecule has 0 aromatic carbocycles. The Morgan fingerprint density at radius 1 is 1.22 bits per heavy atom. The Hall–Kier alpha value is -0.780. The Balaban J connectivity index is 2.62. The summed E-state index contributed by atoms with van der Waals surface area (Å²) in [5, 5.41) is 0. The largest absolute Gasteiger partial charge is 0.0842 e. The topological polar surface area (TPSA) is 0 Å². The Labute approximate surface area is 56.6 Å². The highest BCUT2D eigenvalue weighted by atomic mass is 13.9. The monoisotopic (exact) mass is 120 g/mol. The Kier molecular flexibility index (Phi) is 2.32. The van der Waals surface area contributed by atoms with Crippen molar-refractivity contribution in [1.29, 1.82) is 0 Å². The molecule has 0 atom stereocenters. The second-order valence-electron chi connectivity index (χ2n) is 2.36. The number of rotatable bonds is 0. The van der Waals surface area contributed by atoms with Crippen LogP contribution in [0, 0.1) is 0 Å². The third-order valence-electron chi connectivity index (χ3n) is 1.44. The van der Waals surface area contributed by atoms with Gasteiger partial charge in [-0.15, -0.1) is 0 Å². The minimum Gasteiger partial charge on any atom is -0.0842 e. The molecular formula is C9H12. The maximum absolute atomic E-state index is 2.20. The SMILES string of the molecule is C/C1=C/C=C\C=C/CC1. The Morgan fingerprint density at radius 2 is 2.11 bits per heavy atom. The molecule has 0 fully saturated rings. The summed E-state index contributed by atoms with van der Waals surface area (Å²) in [5.41, 5.74) is 1.47. The van der Waals surface area contributed by atoms with Crippen molar-refractivity contribution < 1.29 is 0 Å². The van der Waals surface area contributed by atoms with E-state index in [1.807, 2.05) is 0 Å². The molecule has 0 aliphatic heterocycles. The van der Waals surface area contributed by atoms with Crippen LogP contribution < -0.4 is 0 Å². The average Bonchev–Trinajstić information content (AvgIpc) is 1.79. The van der Waals surface area contributed by atoms with E-state index in [1.165, 1.54) is 18.4 Å². The first-order valence-electron chi connectivity index (χ1n) is 3.38. The van der Waals surface area contributed by atoms with Crippen molar-refractivity contribution >= 4 is 0 Å². The van der Waals surface area contributed by atoms with E-state index in [1.54, 1.807) is 0 Å². The van der Waals surface area contributed by atoms with E-state index in [0.717, 1.165) is 0 Å². The molecule has 0 heterocycles. The summed E-state index contributed by atoms with van der Waals surface area (Å²) < 4.78 is 0. The van der Waals surface area contributed by atoms with Crippen molar-refractivity contribution in [2.75, 3.05) is 0 Å². The molecule has 0 heteroatoms. The molecule has 0 aromatic rings. The van der Waals surface area contributed by atoms with E-state index >= 15 is 0 Å². The zero-order chi connectivity index (χ0) is 6.53.